The van der Waals surface area contributed by atoms with Crippen LogP contribution >= 0.6 is 0 Å². The van der Waals surface area contributed by atoms with E-state index in [0.717, 1.165) is 36.8 Å². The third kappa shape index (κ3) is 6.72. The molecule has 0 amide bonds. The first kappa shape index (κ1) is 28.2. The van der Waals surface area contributed by atoms with Crippen molar-refractivity contribution in [3.63, 3.8) is 0 Å². The molecule has 6 nitrogen and oxygen atoms in total. The van der Waals surface area contributed by atoms with Gasteiger partial charge in [-0.1, -0.05) is 86.6 Å². The predicted octanol–water partition coefficient (Wildman–Crippen LogP) is 7.15. The Balaban J connectivity index is 1.37. The van der Waals surface area contributed by atoms with Crippen LogP contribution < -0.4 is 4.74 Å². The molecule has 41 heavy (non-hydrogen) atoms. The van der Waals surface area contributed by atoms with Gasteiger partial charge in [0, 0.05) is 24.2 Å². The second kappa shape index (κ2) is 12.9. The Labute approximate surface area is 241 Å². The van der Waals surface area contributed by atoms with Gasteiger partial charge in [0.1, 0.15) is 6.61 Å². The van der Waals surface area contributed by atoms with E-state index in [1.54, 1.807) is 12.1 Å². The standard InChI is InChI=1S/C35H36N2O4/c1-3-27-17-30-19-32(20-31(30)18-28(27)4-2)36(22-25-11-7-5-8-12-25)23-34(38)29-15-16-35(33(21-29)37(39)40)41-24-26-13-9-6-10-14-26/h5-18,21,32H,3-4,19-20,22-24H2,1-2H3. The second-order valence-corrected chi connectivity index (χ2v) is 10.7. The van der Waals surface area contributed by atoms with E-state index >= 15 is 0 Å². The first-order chi connectivity index (χ1) is 19.9. The fourth-order valence-corrected chi connectivity index (χ4v) is 5.77. The summed E-state index contributed by atoms with van der Waals surface area (Å²) < 4.78 is 5.77. The average Bonchev–Trinajstić information content (AvgIpc) is 3.42. The van der Waals surface area contributed by atoms with E-state index in [9.17, 15) is 14.9 Å². The second-order valence-electron chi connectivity index (χ2n) is 10.7. The highest BCUT2D eigenvalue weighted by atomic mass is 16.6. The number of nitro benzene ring substituents is 1. The molecule has 0 spiro atoms. The molecule has 0 fully saturated rings. The molecule has 5 rings (SSSR count). The van der Waals surface area contributed by atoms with E-state index in [0.29, 0.717) is 12.1 Å². The van der Waals surface area contributed by atoms with Crippen LogP contribution in [0, 0.1) is 10.1 Å². The largest absolute Gasteiger partial charge is 0.482 e. The molecule has 0 atom stereocenters. The Kier molecular flexibility index (Phi) is 8.90. The summed E-state index contributed by atoms with van der Waals surface area (Å²) in [5, 5.41) is 11.9. The van der Waals surface area contributed by atoms with Gasteiger partial charge in [-0.2, -0.15) is 0 Å². The SMILES string of the molecule is CCc1cc2c(cc1CC)CC(N(CC(=O)c1ccc(OCc3ccccc3)c([N+](=O)[O-])c1)Cc1ccccc1)C2. The van der Waals surface area contributed by atoms with Crippen LogP contribution in [-0.4, -0.2) is 28.2 Å². The Morgan fingerprint density at radius 2 is 1.44 bits per heavy atom. The maximum absolute atomic E-state index is 13.6. The molecule has 4 aromatic rings. The van der Waals surface area contributed by atoms with Crippen LogP contribution in [-0.2, 0) is 38.8 Å². The van der Waals surface area contributed by atoms with Gasteiger partial charge in [0.25, 0.3) is 0 Å². The smallest absolute Gasteiger partial charge is 0.311 e. The summed E-state index contributed by atoms with van der Waals surface area (Å²) in [6, 6.07) is 29.1. The number of carbonyl (C=O) groups is 1. The van der Waals surface area contributed by atoms with Crippen molar-refractivity contribution < 1.29 is 14.5 Å². The molecule has 0 radical (unpaired) electrons. The van der Waals surface area contributed by atoms with E-state index in [-0.39, 0.29) is 36.4 Å². The number of nitro groups is 1. The summed E-state index contributed by atoms with van der Waals surface area (Å²) in [5.41, 5.74) is 7.70. The van der Waals surface area contributed by atoms with Gasteiger partial charge in [0.05, 0.1) is 11.5 Å². The third-order valence-electron chi connectivity index (χ3n) is 8.00. The molecule has 0 saturated heterocycles. The maximum Gasteiger partial charge on any atom is 0.311 e. The molecule has 0 aromatic heterocycles. The number of benzene rings is 4. The van der Waals surface area contributed by atoms with Crippen LogP contribution in [0.15, 0.2) is 91.0 Å². The van der Waals surface area contributed by atoms with Gasteiger partial charge in [0.15, 0.2) is 11.5 Å². The molecule has 0 unspecified atom stereocenters. The Morgan fingerprint density at radius 1 is 0.854 bits per heavy atom. The number of hydrogen-bond acceptors (Lipinski definition) is 5. The lowest BCUT2D eigenvalue weighted by Crippen LogP contribution is -2.39. The molecule has 1 aliphatic carbocycles. The molecule has 0 aliphatic heterocycles. The van der Waals surface area contributed by atoms with Crippen molar-refractivity contribution in [2.45, 2.75) is 58.7 Å². The number of carbonyl (C=O) groups excluding carboxylic acids is 1. The average molecular weight is 549 g/mol. The molecule has 6 heteroatoms. The number of Topliss-reactive ketones (excluding diaryl/α,β-unsaturated/α-hetero) is 1. The van der Waals surface area contributed by atoms with Gasteiger partial charge >= 0.3 is 5.69 Å². The first-order valence-corrected chi connectivity index (χ1v) is 14.3. The summed E-state index contributed by atoms with van der Waals surface area (Å²) in [6.07, 6.45) is 3.80. The fourth-order valence-electron chi connectivity index (χ4n) is 5.77. The number of hydrogen-bond donors (Lipinski definition) is 0. The third-order valence-corrected chi connectivity index (χ3v) is 8.00. The zero-order valence-electron chi connectivity index (χ0n) is 23.7. The highest BCUT2D eigenvalue weighted by molar-refractivity contribution is 5.98. The van der Waals surface area contributed by atoms with E-state index < -0.39 is 4.92 Å². The molecule has 0 N–H and O–H groups in total. The molecular weight excluding hydrogens is 512 g/mol. The molecule has 0 saturated carbocycles. The van der Waals surface area contributed by atoms with E-state index in [1.165, 1.54) is 28.3 Å². The van der Waals surface area contributed by atoms with Crippen LogP contribution in [0.25, 0.3) is 0 Å². The Hall–Kier alpha value is -4.29. The molecule has 0 heterocycles. The minimum absolute atomic E-state index is 0.141. The lowest BCUT2D eigenvalue weighted by Gasteiger charge is -2.28. The zero-order chi connectivity index (χ0) is 28.8. The maximum atomic E-state index is 13.6. The quantitative estimate of drug-likeness (QED) is 0.107. The van der Waals surface area contributed by atoms with Crippen molar-refractivity contribution in [2.75, 3.05) is 6.54 Å². The van der Waals surface area contributed by atoms with Crippen LogP contribution in [0.3, 0.4) is 0 Å². The van der Waals surface area contributed by atoms with Crippen molar-refractivity contribution in [3.05, 3.63) is 140 Å². The molecule has 210 valence electrons. The minimum Gasteiger partial charge on any atom is -0.482 e. The Morgan fingerprint density at radius 3 is 2.00 bits per heavy atom. The van der Waals surface area contributed by atoms with Gasteiger partial charge < -0.3 is 4.74 Å². The van der Waals surface area contributed by atoms with Crippen LogP contribution in [0.5, 0.6) is 5.75 Å². The highest BCUT2D eigenvalue weighted by Crippen LogP contribution is 2.32. The lowest BCUT2D eigenvalue weighted by molar-refractivity contribution is -0.386. The number of ether oxygens (including phenoxy) is 1. The monoisotopic (exact) mass is 548 g/mol. The summed E-state index contributed by atoms with van der Waals surface area (Å²) >= 11 is 0. The number of fused-ring (bicyclic) bond motifs is 1. The van der Waals surface area contributed by atoms with Crippen molar-refractivity contribution in [2.24, 2.45) is 0 Å². The highest BCUT2D eigenvalue weighted by Gasteiger charge is 2.30. The van der Waals surface area contributed by atoms with E-state index in [1.807, 2.05) is 48.5 Å². The molecular formula is C35H36N2O4. The summed E-state index contributed by atoms with van der Waals surface area (Å²) in [4.78, 5) is 27.3. The Bertz CT molecular complexity index is 1490. The molecule has 4 aromatic carbocycles. The van der Waals surface area contributed by atoms with Crippen LogP contribution in [0.2, 0.25) is 0 Å². The number of aryl methyl sites for hydroxylation is 2. The van der Waals surface area contributed by atoms with Gasteiger partial charge in [-0.25, -0.2) is 0 Å². The van der Waals surface area contributed by atoms with Crippen molar-refractivity contribution in [3.8, 4) is 5.75 Å². The normalized spacial score (nSPS) is 12.9. The predicted molar refractivity (Wildman–Crippen MR) is 161 cm³/mol. The summed E-state index contributed by atoms with van der Waals surface area (Å²) in [6.45, 7) is 5.42. The van der Waals surface area contributed by atoms with Gasteiger partial charge in [-0.15, -0.1) is 0 Å². The zero-order valence-corrected chi connectivity index (χ0v) is 23.7. The summed E-state index contributed by atoms with van der Waals surface area (Å²) in [5.74, 6) is 0.0133. The lowest BCUT2D eigenvalue weighted by atomic mass is 9.97. The van der Waals surface area contributed by atoms with Crippen molar-refractivity contribution >= 4 is 11.5 Å². The molecule has 0 bridgehead atoms. The van der Waals surface area contributed by atoms with E-state index in [4.69, 9.17) is 4.74 Å². The topological polar surface area (TPSA) is 72.7 Å². The number of ketones is 1. The molecule has 1 aliphatic rings. The van der Waals surface area contributed by atoms with E-state index in [2.05, 4.69) is 43.0 Å². The van der Waals surface area contributed by atoms with Crippen molar-refractivity contribution in [1.82, 2.24) is 4.90 Å². The fraction of sp³-hybridized carbons (Fsp3) is 0.286. The van der Waals surface area contributed by atoms with Gasteiger partial charge in [-0.05, 0) is 71.2 Å². The number of nitrogens with zero attached hydrogens (tertiary/aromatic N) is 2. The first-order valence-electron chi connectivity index (χ1n) is 14.3. The van der Waals surface area contributed by atoms with Crippen LogP contribution in [0.4, 0.5) is 5.69 Å². The van der Waals surface area contributed by atoms with Crippen molar-refractivity contribution in [1.29, 1.82) is 0 Å². The number of rotatable bonds is 12. The van der Waals surface area contributed by atoms with Gasteiger partial charge in [0.2, 0.25) is 0 Å². The van der Waals surface area contributed by atoms with Crippen LogP contribution in [0.1, 0.15) is 57.6 Å². The van der Waals surface area contributed by atoms with Gasteiger partial charge in [-0.3, -0.25) is 19.8 Å². The minimum atomic E-state index is -0.483. The summed E-state index contributed by atoms with van der Waals surface area (Å²) in [7, 11) is 0.